The molecule has 206 valence electrons. The summed E-state index contributed by atoms with van der Waals surface area (Å²) in [6.45, 7) is 8.72. The highest BCUT2D eigenvalue weighted by molar-refractivity contribution is 5.97. The number of Topliss-reactive ketones (excluding diaryl/α,β-unsaturated/α-hetero) is 1. The van der Waals surface area contributed by atoms with E-state index in [1.807, 2.05) is 52.0 Å². The van der Waals surface area contributed by atoms with Gasteiger partial charge in [0.25, 0.3) is 11.5 Å². The average molecular weight is 534 g/mol. The van der Waals surface area contributed by atoms with Gasteiger partial charge in [-0.2, -0.15) is 0 Å². The number of nitrogens with zero attached hydrogens (tertiary/aromatic N) is 2. The number of likely N-dealkylation sites (tertiary alicyclic amines) is 1. The lowest BCUT2D eigenvalue weighted by Gasteiger charge is -2.38. The van der Waals surface area contributed by atoms with Crippen molar-refractivity contribution in [3.8, 4) is 0 Å². The van der Waals surface area contributed by atoms with E-state index in [0.29, 0.717) is 43.2 Å². The fraction of sp³-hybridized carbons (Fsp3) is 0.400. The summed E-state index contributed by atoms with van der Waals surface area (Å²) in [4.78, 5) is 52.3. The van der Waals surface area contributed by atoms with Gasteiger partial charge in [0.1, 0.15) is 11.4 Å². The van der Waals surface area contributed by atoms with Gasteiger partial charge in [-0.05, 0) is 68.3 Å². The SMILES string of the molecule is CC(C)(C)OC(=O)N1CCC(C)(C(=O)Cc2cccc(Cn3ccc4ccc(C(=O)NO)cc4c3=O)c2)CC1. The molecular weight excluding hydrogens is 498 g/mol. The van der Waals surface area contributed by atoms with Crippen molar-refractivity contribution in [1.29, 1.82) is 0 Å². The second kappa shape index (κ2) is 11.0. The molecular formula is C30H35N3O6. The predicted octanol–water partition coefficient (Wildman–Crippen LogP) is 4.32. The molecule has 1 aliphatic rings. The third-order valence-electron chi connectivity index (χ3n) is 7.24. The van der Waals surface area contributed by atoms with Crippen molar-refractivity contribution >= 4 is 28.6 Å². The third-order valence-corrected chi connectivity index (χ3v) is 7.24. The topological polar surface area (TPSA) is 118 Å². The summed E-state index contributed by atoms with van der Waals surface area (Å²) in [6.07, 6.45) is 2.78. The zero-order valence-corrected chi connectivity index (χ0v) is 22.8. The quantitative estimate of drug-likeness (QED) is 0.360. The molecule has 1 fully saturated rings. The summed E-state index contributed by atoms with van der Waals surface area (Å²) < 4.78 is 7.02. The molecule has 0 atom stereocenters. The zero-order chi connectivity index (χ0) is 28.4. The van der Waals surface area contributed by atoms with Gasteiger partial charge in [0.2, 0.25) is 0 Å². The molecule has 0 bridgehead atoms. The fourth-order valence-corrected chi connectivity index (χ4v) is 4.83. The molecule has 9 heteroatoms. The standard InChI is InChI=1S/C30H35N3O6/c1-29(2,3)39-28(37)32-14-11-30(4,12-15-32)25(34)17-20-6-5-7-21(16-20)19-33-13-10-22-8-9-23(26(35)31-38)18-24(22)27(33)36/h5-10,13,16,18,38H,11-12,14-15,17,19H2,1-4H3,(H,31,35). The minimum Gasteiger partial charge on any atom is -0.444 e. The van der Waals surface area contributed by atoms with E-state index in [-0.39, 0.29) is 29.4 Å². The Morgan fingerprint density at radius 3 is 2.38 bits per heavy atom. The van der Waals surface area contributed by atoms with E-state index >= 15 is 0 Å². The third kappa shape index (κ3) is 6.54. The first kappa shape index (κ1) is 28.0. The van der Waals surface area contributed by atoms with E-state index in [1.54, 1.807) is 39.3 Å². The number of amides is 2. The molecule has 0 spiro atoms. The monoisotopic (exact) mass is 533 g/mol. The van der Waals surface area contributed by atoms with Crippen LogP contribution in [0, 0.1) is 5.41 Å². The number of hydrogen-bond donors (Lipinski definition) is 2. The van der Waals surface area contributed by atoms with Gasteiger partial charge in [0.05, 0.1) is 6.54 Å². The molecule has 2 amide bonds. The molecule has 1 aromatic heterocycles. The van der Waals surface area contributed by atoms with Crippen LogP contribution in [0.5, 0.6) is 0 Å². The number of rotatable bonds is 6. The Balaban J connectivity index is 1.44. The highest BCUT2D eigenvalue weighted by atomic mass is 16.6. The summed E-state index contributed by atoms with van der Waals surface area (Å²) >= 11 is 0. The Kier molecular flexibility index (Phi) is 7.92. The van der Waals surface area contributed by atoms with Gasteiger partial charge in [-0.15, -0.1) is 0 Å². The number of aromatic nitrogens is 1. The number of hydroxylamine groups is 1. The molecule has 0 radical (unpaired) electrons. The minimum absolute atomic E-state index is 0.126. The van der Waals surface area contributed by atoms with Crippen LogP contribution in [0.2, 0.25) is 0 Å². The number of benzene rings is 2. The lowest BCUT2D eigenvalue weighted by molar-refractivity contribution is -0.129. The van der Waals surface area contributed by atoms with Gasteiger partial charge < -0.3 is 14.2 Å². The molecule has 0 aliphatic carbocycles. The Hall–Kier alpha value is -3.98. The number of pyridine rings is 1. The van der Waals surface area contributed by atoms with E-state index in [4.69, 9.17) is 9.94 Å². The van der Waals surface area contributed by atoms with Gasteiger partial charge in [-0.25, -0.2) is 10.3 Å². The van der Waals surface area contributed by atoms with Gasteiger partial charge in [0.15, 0.2) is 0 Å². The normalized spacial score (nSPS) is 15.2. The van der Waals surface area contributed by atoms with Crippen LogP contribution in [0.15, 0.2) is 59.5 Å². The summed E-state index contributed by atoms with van der Waals surface area (Å²) in [6, 6.07) is 14.1. The lowest BCUT2D eigenvalue weighted by atomic mass is 9.75. The molecule has 1 aliphatic heterocycles. The molecule has 3 aromatic rings. The summed E-state index contributed by atoms with van der Waals surface area (Å²) in [5.41, 5.74) is 2.16. The second-order valence-corrected chi connectivity index (χ2v) is 11.4. The highest BCUT2D eigenvalue weighted by Gasteiger charge is 2.38. The number of nitrogens with one attached hydrogen (secondary N) is 1. The van der Waals surface area contributed by atoms with E-state index in [1.165, 1.54) is 6.07 Å². The first-order valence-electron chi connectivity index (χ1n) is 13.1. The minimum atomic E-state index is -0.687. The fourth-order valence-electron chi connectivity index (χ4n) is 4.83. The van der Waals surface area contributed by atoms with Crippen LogP contribution in [-0.4, -0.2) is 51.1 Å². The largest absolute Gasteiger partial charge is 0.444 e. The number of piperidine rings is 1. The maximum Gasteiger partial charge on any atom is 0.410 e. The smallest absolute Gasteiger partial charge is 0.410 e. The van der Waals surface area contributed by atoms with Crippen LogP contribution >= 0.6 is 0 Å². The van der Waals surface area contributed by atoms with E-state index < -0.39 is 16.9 Å². The number of carbonyl (C=O) groups excluding carboxylic acids is 3. The first-order chi connectivity index (χ1) is 18.4. The van der Waals surface area contributed by atoms with Crippen molar-refractivity contribution in [2.75, 3.05) is 13.1 Å². The van der Waals surface area contributed by atoms with Crippen LogP contribution in [0.25, 0.3) is 10.8 Å². The van der Waals surface area contributed by atoms with Crippen LogP contribution in [0.1, 0.15) is 62.0 Å². The molecule has 0 unspecified atom stereocenters. The Morgan fingerprint density at radius 2 is 1.72 bits per heavy atom. The molecule has 1 saturated heterocycles. The summed E-state index contributed by atoms with van der Waals surface area (Å²) in [5.74, 6) is -0.561. The first-order valence-corrected chi connectivity index (χ1v) is 13.1. The summed E-state index contributed by atoms with van der Waals surface area (Å²) in [5, 5.41) is 9.97. The molecule has 39 heavy (non-hydrogen) atoms. The molecule has 4 rings (SSSR count). The van der Waals surface area contributed by atoms with Gasteiger partial charge >= 0.3 is 6.09 Å². The molecule has 2 aromatic carbocycles. The van der Waals surface area contributed by atoms with Crippen LogP contribution < -0.4 is 11.0 Å². The zero-order valence-electron chi connectivity index (χ0n) is 22.8. The number of hydrogen-bond acceptors (Lipinski definition) is 6. The number of ether oxygens (including phenoxy) is 1. The molecule has 2 N–H and O–H groups in total. The number of carbonyl (C=O) groups is 3. The Bertz CT molecular complexity index is 1460. The number of fused-ring (bicyclic) bond motifs is 1. The average Bonchev–Trinajstić information content (AvgIpc) is 2.89. The number of ketones is 1. The van der Waals surface area contributed by atoms with Crippen molar-refractivity contribution < 1.29 is 24.3 Å². The Labute approximate surface area is 227 Å². The van der Waals surface area contributed by atoms with Crippen LogP contribution in [0.4, 0.5) is 4.79 Å². The van der Waals surface area contributed by atoms with Crippen molar-refractivity contribution in [2.24, 2.45) is 5.41 Å². The highest BCUT2D eigenvalue weighted by Crippen LogP contribution is 2.33. The molecule has 2 heterocycles. The summed E-state index contributed by atoms with van der Waals surface area (Å²) in [7, 11) is 0. The second-order valence-electron chi connectivity index (χ2n) is 11.4. The van der Waals surface area contributed by atoms with Gasteiger partial charge in [-0.3, -0.25) is 19.6 Å². The van der Waals surface area contributed by atoms with Crippen molar-refractivity contribution in [2.45, 2.75) is 59.1 Å². The van der Waals surface area contributed by atoms with Crippen molar-refractivity contribution in [3.05, 3.63) is 81.8 Å². The van der Waals surface area contributed by atoms with Crippen LogP contribution in [-0.2, 0) is 22.5 Å². The van der Waals surface area contributed by atoms with Crippen molar-refractivity contribution in [1.82, 2.24) is 14.9 Å². The Morgan fingerprint density at radius 1 is 1.03 bits per heavy atom. The lowest BCUT2D eigenvalue weighted by Crippen LogP contribution is -2.47. The van der Waals surface area contributed by atoms with Crippen molar-refractivity contribution in [3.63, 3.8) is 0 Å². The maximum atomic E-state index is 13.3. The van der Waals surface area contributed by atoms with Gasteiger partial charge in [-0.1, -0.05) is 37.3 Å². The van der Waals surface area contributed by atoms with E-state index in [2.05, 4.69) is 0 Å². The molecule has 9 nitrogen and oxygen atoms in total. The van der Waals surface area contributed by atoms with Crippen LogP contribution in [0.3, 0.4) is 0 Å². The van der Waals surface area contributed by atoms with E-state index in [0.717, 1.165) is 11.1 Å². The predicted molar refractivity (Wildman–Crippen MR) is 147 cm³/mol. The van der Waals surface area contributed by atoms with Gasteiger partial charge in [0, 0.05) is 42.1 Å². The molecule has 0 saturated carbocycles. The maximum absolute atomic E-state index is 13.3. The van der Waals surface area contributed by atoms with E-state index in [9.17, 15) is 19.2 Å².